The maximum Gasteiger partial charge on any atom is 0.248 e. The third kappa shape index (κ3) is 3.02. The Hall–Kier alpha value is -2.49. The van der Waals surface area contributed by atoms with E-state index in [2.05, 4.69) is 5.32 Å². The summed E-state index contributed by atoms with van der Waals surface area (Å²) in [6.07, 6.45) is -0.405. The van der Waals surface area contributed by atoms with Crippen molar-refractivity contribution in [2.45, 2.75) is 31.6 Å². The molecule has 0 radical (unpaired) electrons. The van der Waals surface area contributed by atoms with Crippen LogP contribution in [0.15, 0.2) is 18.2 Å². The molecule has 0 spiro atoms. The molecule has 1 aliphatic heterocycles. The third-order valence-corrected chi connectivity index (χ3v) is 4.33. The van der Waals surface area contributed by atoms with Crippen molar-refractivity contribution in [2.75, 3.05) is 16.8 Å². The lowest BCUT2D eigenvalue weighted by molar-refractivity contribution is -0.128. The van der Waals surface area contributed by atoms with Gasteiger partial charge in [0.1, 0.15) is 6.54 Å². The first kappa shape index (κ1) is 15.4. The van der Waals surface area contributed by atoms with Gasteiger partial charge in [-0.25, -0.2) is 8.78 Å². The van der Waals surface area contributed by atoms with Gasteiger partial charge in [0, 0.05) is 18.8 Å². The first-order valence-electron chi connectivity index (χ1n) is 7.43. The van der Waals surface area contributed by atoms with E-state index in [1.165, 1.54) is 11.0 Å². The fourth-order valence-electron chi connectivity index (χ4n) is 3.05. The maximum atomic E-state index is 13.3. The molecule has 5 nitrogen and oxygen atoms in total. The van der Waals surface area contributed by atoms with Gasteiger partial charge in [0.05, 0.1) is 23.0 Å². The van der Waals surface area contributed by atoms with E-state index < -0.39 is 11.8 Å². The summed E-state index contributed by atoms with van der Waals surface area (Å²) in [6.45, 7) is -0.159. The molecule has 1 aromatic carbocycles. The van der Waals surface area contributed by atoms with E-state index in [0.717, 1.165) is 0 Å². The molecule has 23 heavy (non-hydrogen) atoms. The predicted octanol–water partition coefficient (Wildman–Crippen LogP) is 2.67. The first-order chi connectivity index (χ1) is 10.9. The van der Waals surface area contributed by atoms with Crippen LogP contribution in [0.3, 0.4) is 0 Å². The van der Waals surface area contributed by atoms with E-state index in [-0.39, 0.29) is 44.0 Å². The number of amides is 2. The van der Waals surface area contributed by atoms with Crippen molar-refractivity contribution < 1.29 is 18.4 Å². The Balaban J connectivity index is 1.87. The van der Waals surface area contributed by atoms with Gasteiger partial charge >= 0.3 is 0 Å². The second-order valence-corrected chi connectivity index (χ2v) is 5.95. The van der Waals surface area contributed by atoms with Crippen LogP contribution in [-0.2, 0) is 9.59 Å². The summed E-state index contributed by atoms with van der Waals surface area (Å²) in [4.78, 5) is 25.8. The molecule has 0 saturated heterocycles. The zero-order valence-corrected chi connectivity index (χ0v) is 12.3. The lowest BCUT2D eigenvalue weighted by Gasteiger charge is -2.34. The van der Waals surface area contributed by atoms with Gasteiger partial charge in [-0.15, -0.1) is 0 Å². The topological polar surface area (TPSA) is 73.2 Å². The molecule has 2 aliphatic rings. The maximum absolute atomic E-state index is 13.3. The van der Waals surface area contributed by atoms with Gasteiger partial charge in [0.25, 0.3) is 0 Å². The van der Waals surface area contributed by atoms with E-state index in [9.17, 15) is 18.4 Å². The minimum Gasteiger partial charge on any atom is -0.323 e. The van der Waals surface area contributed by atoms with E-state index in [1.54, 1.807) is 12.1 Å². The number of benzene rings is 1. The van der Waals surface area contributed by atoms with Gasteiger partial charge in [-0.2, -0.15) is 5.26 Å². The Bertz CT molecular complexity index is 702. The Morgan fingerprint density at radius 2 is 2.04 bits per heavy atom. The number of nitriles is 1. The second kappa shape index (κ2) is 5.61. The average Bonchev–Trinajstić information content (AvgIpc) is 2.53. The molecule has 7 heteroatoms. The number of anilines is 2. The number of carbonyl (C=O) groups is 2. The standard InChI is InChI=1S/C16H15F2N3O2/c17-16(18)5-3-11(4-6-16)15(23)21-9-14(22)20-12-2-1-10(8-19)7-13(12)21/h1-2,7,11H,3-6,9H2,(H,20,22). The van der Waals surface area contributed by atoms with Crippen molar-refractivity contribution in [3.05, 3.63) is 23.8 Å². The number of hydrogen-bond acceptors (Lipinski definition) is 3. The number of nitrogens with one attached hydrogen (secondary N) is 1. The average molecular weight is 319 g/mol. The van der Waals surface area contributed by atoms with Crippen molar-refractivity contribution in [3.63, 3.8) is 0 Å². The first-order valence-corrected chi connectivity index (χ1v) is 7.43. The monoisotopic (exact) mass is 319 g/mol. The molecule has 0 aromatic heterocycles. The fraction of sp³-hybridized carbons (Fsp3) is 0.438. The molecule has 120 valence electrons. The number of rotatable bonds is 1. The SMILES string of the molecule is N#Cc1ccc2c(c1)N(C(=O)C1CCC(F)(F)CC1)CC(=O)N2. The Morgan fingerprint density at radius 3 is 2.70 bits per heavy atom. The van der Waals surface area contributed by atoms with Crippen molar-refractivity contribution in [1.29, 1.82) is 5.26 Å². The Kier molecular flexibility index (Phi) is 3.76. The van der Waals surface area contributed by atoms with Gasteiger partial charge in [0.15, 0.2) is 0 Å². The van der Waals surface area contributed by atoms with Crippen molar-refractivity contribution in [2.24, 2.45) is 5.92 Å². The molecule has 1 saturated carbocycles. The fourth-order valence-corrected chi connectivity index (χ4v) is 3.05. The largest absolute Gasteiger partial charge is 0.323 e. The highest BCUT2D eigenvalue weighted by molar-refractivity contribution is 6.10. The van der Waals surface area contributed by atoms with E-state index in [0.29, 0.717) is 16.9 Å². The second-order valence-electron chi connectivity index (χ2n) is 5.95. The molecule has 1 heterocycles. The minimum atomic E-state index is -2.71. The number of fused-ring (bicyclic) bond motifs is 1. The normalized spacial score (nSPS) is 20.4. The minimum absolute atomic E-state index is 0.108. The van der Waals surface area contributed by atoms with Crippen LogP contribution >= 0.6 is 0 Å². The quantitative estimate of drug-likeness (QED) is 0.865. The number of hydrogen-bond donors (Lipinski definition) is 1. The van der Waals surface area contributed by atoms with Crippen LogP contribution in [0.2, 0.25) is 0 Å². The predicted molar refractivity (Wildman–Crippen MR) is 79.0 cm³/mol. The summed E-state index contributed by atoms with van der Waals surface area (Å²) in [5.74, 6) is -3.88. The zero-order valence-electron chi connectivity index (χ0n) is 12.3. The molecule has 1 aromatic rings. The van der Waals surface area contributed by atoms with Gasteiger partial charge in [-0.1, -0.05) is 0 Å². The number of halogens is 2. The number of carbonyl (C=O) groups excluding carboxylic acids is 2. The van der Waals surface area contributed by atoms with E-state index >= 15 is 0 Å². The summed E-state index contributed by atoms with van der Waals surface area (Å²) in [7, 11) is 0. The van der Waals surface area contributed by atoms with Crippen LogP contribution in [-0.4, -0.2) is 24.3 Å². The van der Waals surface area contributed by atoms with Crippen LogP contribution in [0.5, 0.6) is 0 Å². The molecule has 2 amide bonds. The lowest BCUT2D eigenvalue weighted by Crippen LogP contribution is -2.46. The zero-order chi connectivity index (χ0) is 16.6. The van der Waals surface area contributed by atoms with Gasteiger partial charge in [0.2, 0.25) is 17.7 Å². The highest BCUT2D eigenvalue weighted by Gasteiger charge is 2.40. The summed E-state index contributed by atoms with van der Waals surface area (Å²) < 4.78 is 26.5. The molecule has 3 rings (SSSR count). The van der Waals surface area contributed by atoms with Crippen LogP contribution in [0.25, 0.3) is 0 Å². The summed E-state index contributed by atoms with van der Waals surface area (Å²) in [6, 6.07) is 6.64. The van der Waals surface area contributed by atoms with Gasteiger partial charge < -0.3 is 10.2 Å². The van der Waals surface area contributed by atoms with Gasteiger partial charge in [-0.05, 0) is 31.0 Å². The van der Waals surface area contributed by atoms with E-state index in [4.69, 9.17) is 5.26 Å². The Morgan fingerprint density at radius 1 is 1.35 bits per heavy atom. The van der Waals surface area contributed by atoms with Gasteiger partial charge in [-0.3, -0.25) is 9.59 Å². The molecule has 0 unspecified atom stereocenters. The van der Waals surface area contributed by atoms with Crippen LogP contribution < -0.4 is 10.2 Å². The molecule has 0 atom stereocenters. The highest BCUT2D eigenvalue weighted by atomic mass is 19.3. The van der Waals surface area contributed by atoms with Crippen LogP contribution in [0.1, 0.15) is 31.2 Å². The lowest BCUT2D eigenvalue weighted by atomic mass is 9.85. The molecule has 0 bridgehead atoms. The van der Waals surface area contributed by atoms with Crippen molar-refractivity contribution in [3.8, 4) is 6.07 Å². The van der Waals surface area contributed by atoms with Crippen LogP contribution in [0, 0.1) is 17.2 Å². The smallest absolute Gasteiger partial charge is 0.248 e. The number of nitrogens with zero attached hydrogens (tertiary/aromatic N) is 2. The summed E-state index contributed by atoms with van der Waals surface area (Å²) >= 11 is 0. The molecule has 1 aliphatic carbocycles. The number of alkyl halides is 2. The van der Waals surface area contributed by atoms with Crippen molar-refractivity contribution >= 4 is 23.2 Å². The molecule has 1 N–H and O–H groups in total. The Labute approximate surface area is 131 Å². The highest BCUT2D eigenvalue weighted by Crippen LogP contribution is 2.39. The van der Waals surface area contributed by atoms with E-state index in [1.807, 2.05) is 6.07 Å². The molecular formula is C16H15F2N3O2. The van der Waals surface area contributed by atoms with Crippen LogP contribution in [0.4, 0.5) is 20.2 Å². The summed E-state index contributed by atoms with van der Waals surface area (Å²) in [5, 5.41) is 11.6. The molecule has 1 fully saturated rings. The summed E-state index contributed by atoms with van der Waals surface area (Å²) in [5.41, 5.74) is 1.27. The third-order valence-electron chi connectivity index (χ3n) is 4.33. The molecular weight excluding hydrogens is 304 g/mol. The van der Waals surface area contributed by atoms with Crippen molar-refractivity contribution in [1.82, 2.24) is 0 Å².